The molecule has 0 aliphatic rings. The average molecular weight is 177 g/mol. The van der Waals surface area contributed by atoms with Crippen molar-refractivity contribution in [2.75, 3.05) is 0 Å². The third kappa shape index (κ3) is 6.26. The third-order valence-electron chi connectivity index (χ3n) is 0.814. The van der Waals surface area contributed by atoms with E-state index in [9.17, 15) is 0 Å². The van der Waals surface area contributed by atoms with Crippen LogP contribution in [0.25, 0.3) is 0 Å². The van der Waals surface area contributed by atoms with E-state index in [1.807, 2.05) is 0 Å². The van der Waals surface area contributed by atoms with E-state index >= 15 is 0 Å². The summed E-state index contributed by atoms with van der Waals surface area (Å²) < 4.78 is 0. The van der Waals surface area contributed by atoms with E-state index in [4.69, 9.17) is 0 Å². The van der Waals surface area contributed by atoms with E-state index < -0.39 is 0 Å². The zero-order chi connectivity index (χ0) is 6.24. The Balaban J connectivity index is 2.83. The molecule has 0 N–H and O–H groups in total. The minimum absolute atomic E-state index is 0.787. The Labute approximate surface area is 58.5 Å². The molecule has 0 nitrogen and oxygen atoms in total. The van der Waals surface area contributed by atoms with Gasteiger partial charge in [0.05, 0.1) is 0 Å². The van der Waals surface area contributed by atoms with Crippen LogP contribution in [-0.2, 0) is 0 Å². The topological polar surface area (TPSA) is 0 Å². The first-order valence-electron chi connectivity index (χ1n) is 3.18. The van der Waals surface area contributed by atoms with Crippen molar-refractivity contribution in [3.8, 4) is 0 Å². The van der Waals surface area contributed by atoms with E-state index in [0.717, 1.165) is 15.0 Å². The van der Waals surface area contributed by atoms with Crippen molar-refractivity contribution in [2.24, 2.45) is 0 Å². The summed E-state index contributed by atoms with van der Waals surface area (Å²) in [7, 11) is 0. The molecule has 0 aromatic carbocycles. The first-order valence-corrected chi connectivity index (χ1v) is 5.38. The van der Waals surface area contributed by atoms with Crippen molar-refractivity contribution in [3.05, 3.63) is 11.1 Å². The molecule has 0 atom stereocenters. The van der Waals surface area contributed by atoms with Gasteiger partial charge in [0.2, 0.25) is 0 Å². The van der Waals surface area contributed by atoms with Crippen LogP contribution in [0.2, 0.25) is 5.32 Å². The molecule has 8 heavy (non-hydrogen) atoms. The fourth-order valence-electron chi connectivity index (χ4n) is 0.399. The quantitative estimate of drug-likeness (QED) is 0.578. The maximum absolute atomic E-state index is 2.33. The molecule has 0 aliphatic heterocycles. The van der Waals surface area contributed by atoms with Gasteiger partial charge in [-0.15, -0.1) is 0 Å². The van der Waals surface area contributed by atoms with Gasteiger partial charge in [-0.25, -0.2) is 0 Å². The van der Waals surface area contributed by atoms with Gasteiger partial charge in [0, 0.05) is 0 Å². The van der Waals surface area contributed by atoms with Gasteiger partial charge in [-0.1, -0.05) is 0 Å². The van der Waals surface area contributed by atoms with Crippen molar-refractivity contribution in [1.82, 2.24) is 0 Å². The van der Waals surface area contributed by atoms with Crippen LogP contribution < -0.4 is 0 Å². The normalized spacial score (nSPS) is 10.8. The summed E-state index contributed by atoms with van der Waals surface area (Å²) in [5.74, 6) is 0. The van der Waals surface area contributed by atoms with Gasteiger partial charge >= 0.3 is 58.0 Å². The molecule has 48 valence electrons. The Kier molecular flexibility index (Phi) is 7.49. The van der Waals surface area contributed by atoms with Crippen LogP contribution in [-0.4, -0.2) is 15.0 Å². The first-order chi connectivity index (χ1) is 3.91. The molecule has 0 fully saturated rings. The van der Waals surface area contributed by atoms with Crippen molar-refractivity contribution < 1.29 is 0 Å². The summed E-state index contributed by atoms with van der Waals surface area (Å²) >= 11 is 0.787. The average Bonchev–Trinajstić information content (AvgIpc) is 1.81. The van der Waals surface area contributed by atoms with Gasteiger partial charge in [0.25, 0.3) is 0 Å². The molecule has 0 radical (unpaired) electrons. The number of hydrogen-bond acceptors (Lipinski definition) is 0. The van der Waals surface area contributed by atoms with Crippen LogP contribution in [0.3, 0.4) is 0 Å². The van der Waals surface area contributed by atoms with Crippen molar-refractivity contribution in [3.63, 3.8) is 0 Å². The van der Waals surface area contributed by atoms with Crippen LogP contribution >= 0.6 is 0 Å². The van der Waals surface area contributed by atoms with Crippen molar-refractivity contribution in [2.45, 2.75) is 32.0 Å². The second kappa shape index (κ2) is 7.26. The summed E-state index contributed by atoms with van der Waals surface area (Å²) in [5.41, 5.74) is 0. The van der Waals surface area contributed by atoms with Crippen LogP contribution in [0.15, 0.2) is 11.1 Å². The standard InChI is InChI=1S/C7H14Se/c1-3-5-6-7-8-4-2/h6-7H,3-5H2,1-2H3/b7-6+. The van der Waals surface area contributed by atoms with E-state index in [0.29, 0.717) is 0 Å². The minimum atomic E-state index is 0.787. The fourth-order valence-corrected chi connectivity index (χ4v) is 1.37. The summed E-state index contributed by atoms with van der Waals surface area (Å²) in [6, 6.07) is 0. The van der Waals surface area contributed by atoms with Crippen LogP contribution in [0.4, 0.5) is 0 Å². The predicted octanol–water partition coefficient (Wildman–Crippen LogP) is 2.44. The molecular weight excluding hydrogens is 163 g/mol. The number of allylic oxidation sites excluding steroid dienone is 1. The van der Waals surface area contributed by atoms with Crippen LogP contribution in [0, 0.1) is 0 Å². The molecule has 0 amide bonds. The molecule has 0 aliphatic carbocycles. The molecule has 0 unspecified atom stereocenters. The van der Waals surface area contributed by atoms with Gasteiger partial charge in [-0.05, 0) is 0 Å². The van der Waals surface area contributed by atoms with Gasteiger partial charge in [0.15, 0.2) is 0 Å². The molecule has 0 aromatic heterocycles. The summed E-state index contributed by atoms with van der Waals surface area (Å²) in [4.78, 5) is 2.33. The molecule has 0 bridgehead atoms. The van der Waals surface area contributed by atoms with Gasteiger partial charge in [-0.2, -0.15) is 0 Å². The Bertz CT molecular complexity index is 49.4. The van der Waals surface area contributed by atoms with Crippen molar-refractivity contribution >= 4 is 15.0 Å². The summed E-state index contributed by atoms with van der Waals surface area (Å²) in [5, 5.41) is 1.34. The van der Waals surface area contributed by atoms with Crippen molar-refractivity contribution in [1.29, 1.82) is 0 Å². The number of hydrogen-bond donors (Lipinski definition) is 0. The fraction of sp³-hybridized carbons (Fsp3) is 0.714. The summed E-state index contributed by atoms with van der Waals surface area (Å²) in [6.07, 6.45) is 4.85. The van der Waals surface area contributed by atoms with Crippen LogP contribution in [0.5, 0.6) is 0 Å². The molecule has 0 heterocycles. The second-order valence-electron chi connectivity index (χ2n) is 1.62. The van der Waals surface area contributed by atoms with Gasteiger partial charge < -0.3 is 0 Å². The number of rotatable bonds is 4. The van der Waals surface area contributed by atoms with E-state index in [1.165, 1.54) is 18.2 Å². The Morgan fingerprint density at radius 1 is 1.38 bits per heavy atom. The van der Waals surface area contributed by atoms with E-state index in [-0.39, 0.29) is 0 Å². The molecule has 0 aromatic rings. The molecule has 1 heteroatoms. The van der Waals surface area contributed by atoms with Gasteiger partial charge in [-0.3, -0.25) is 0 Å². The molecule has 0 spiro atoms. The van der Waals surface area contributed by atoms with E-state index in [2.05, 4.69) is 24.9 Å². The first kappa shape index (κ1) is 8.26. The molecular formula is C7H14Se. The zero-order valence-corrected chi connectivity index (χ0v) is 7.40. The Hall–Kier alpha value is 0.259. The van der Waals surface area contributed by atoms with Crippen LogP contribution in [0.1, 0.15) is 26.7 Å². The Morgan fingerprint density at radius 2 is 2.12 bits per heavy atom. The van der Waals surface area contributed by atoms with E-state index in [1.54, 1.807) is 0 Å². The maximum atomic E-state index is 2.33. The summed E-state index contributed by atoms with van der Waals surface area (Å²) in [6.45, 7) is 4.44. The molecule has 0 rings (SSSR count). The molecule has 0 saturated carbocycles. The predicted molar refractivity (Wildman–Crippen MR) is 40.3 cm³/mol. The monoisotopic (exact) mass is 178 g/mol. The Morgan fingerprint density at radius 3 is 2.62 bits per heavy atom. The van der Waals surface area contributed by atoms with Gasteiger partial charge in [0.1, 0.15) is 0 Å². The molecule has 0 saturated heterocycles. The number of unbranched alkanes of at least 4 members (excludes halogenated alkanes) is 1. The SMILES string of the molecule is CCC/C=C/[Se]CC. The zero-order valence-electron chi connectivity index (χ0n) is 5.68. The second-order valence-corrected chi connectivity index (χ2v) is 4.10. The third-order valence-corrected chi connectivity index (χ3v) is 2.32.